The summed E-state index contributed by atoms with van der Waals surface area (Å²) in [6.45, 7) is 5.93. The van der Waals surface area contributed by atoms with Crippen LogP contribution in [0.3, 0.4) is 0 Å². The topological polar surface area (TPSA) is 65.0 Å². The fraction of sp³-hybridized carbons (Fsp3) is 0.115. The number of nitrogens with zero attached hydrogens (tertiary/aromatic N) is 3. The van der Waals surface area contributed by atoms with Gasteiger partial charge in [-0.05, 0) is 44.5 Å². The Labute approximate surface area is 178 Å². The van der Waals surface area contributed by atoms with Crippen LogP contribution in [0.1, 0.15) is 17.1 Å². The van der Waals surface area contributed by atoms with Crippen molar-refractivity contribution in [1.29, 1.82) is 0 Å². The third-order valence-corrected chi connectivity index (χ3v) is 5.84. The van der Waals surface area contributed by atoms with Gasteiger partial charge >= 0.3 is 0 Å². The van der Waals surface area contributed by atoms with Crippen molar-refractivity contribution < 1.29 is 8.83 Å². The number of aryl methyl sites for hydroxylation is 3. The first-order valence-corrected chi connectivity index (χ1v) is 10.2. The van der Waals surface area contributed by atoms with Gasteiger partial charge < -0.3 is 8.83 Å². The Hall–Kier alpha value is -3.99. The molecular weight excluding hydrogens is 386 g/mol. The van der Waals surface area contributed by atoms with Crippen LogP contribution in [0, 0.1) is 20.8 Å². The van der Waals surface area contributed by atoms with Crippen molar-refractivity contribution in [3.63, 3.8) is 0 Å². The second-order valence-electron chi connectivity index (χ2n) is 7.78. The molecule has 0 aliphatic heterocycles. The second kappa shape index (κ2) is 6.51. The van der Waals surface area contributed by atoms with Gasteiger partial charge in [-0.2, -0.15) is 0 Å². The highest BCUT2D eigenvalue weighted by molar-refractivity contribution is 6.09. The summed E-state index contributed by atoms with van der Waals surface area (Å²) in [6.07, 6.45) is 0. The Morgan fingerprint density at radius 1 is 0.581 bits per heavy atom. The fourth-order valence-electron chi connectivity index (χ4n) is 4.18. The highest BCUT2D eigenvalue weighted by atomic mass is 16.3. The monoisotopic (exact) mass is 405 g/mol. The smallest absolute Gasteiger partial charge is 0.167 e. The van der Waals surface area contributed by atoms with Gasteiger partial charge in [-0.25, -0.2) is 15.0 Å². The molecule has 5 nitrogen and oxygen atoms in total. The van der Waals surface area contributed by atoms with Crippen LogP contribution in [0.2, 0.25) is 0 Å². The van der Waals surface area contributed by atoms with Gasteiger partial charge in [0.2, 0.25) is 0 Å². The molecule has 150 valence electrons. The summed E-state index contributed by atoms with van der Waals surface area (Å²) in [7, 11) is 0. The van der Waals surface area contributed by atoms with E-state index in [0.29, 0.717) is 17.5 Å². The molecule has 0 bridgehead atoms. The highest BCUT2D eigenvalue weighted by Crippen LogP contribution is 2.36. The molecule has 3 heterocycles. The van der Waals surface area contributed by atoms with Gasteiger partial charge in [-0.1, -0.05) is 42.5 Å². The van der Waals surface area contributed by atoms with E-state index in [0.717, 1.165) is 55.4 Å². The highest BCUT2D eigenvalue weighted by Gasteiger charge is 2.18. The molecule has 3 aromatic heterocycles. The number of aromatic nitrogens is 3. The summed E-state index contributed by atoms with van der Waals surface area (Å²) in [6, 6.07) is 20.2. The predicted octanol–water partition coefficient (Wildman–Crippen LogP) is 6.78. The van der Waals surface area contributed by atoms with Gasteiger partial charge in [0.1, 0.15) is 28.3 Å². The molecule has 0 aliphatic carbocycles. The Kier molecular flexibility index (Phi) is 3.74. The Morgan fingerprint density at radius 2 is 1.19 bits per heavy atom. The summed E-state index contributed by atoms with van der Waals surface area (Å²) in [5.74, 6) is 2.73. The van der Waals surface area contributed by atoms with Crippen molar-refractivity contribution >= 4 is 32.9 Å². The van der Waals surface area contributed by atoms with Crippen LogP contribution in [-0.2, 0) is 0 Å². The average Bonchev–Trinajstić information content (AvgIpc) is 3.30. The standard InChI is InChI=1S/C26H19N3O2/c1-14-15(2)30-23-17(14)9-6-11-20(23)25-27-16(3)28-26(29-25)21-12-7-10-19-18-8-4-5-13-22(18)31-24(19)21/h4-13H,1-3H3. The zero-order chi connectivity index (χ0) is 21.1. The molecule has 3 aromatic carbocycles. The van der Waals surface area contributed by atoms with Crippen molar-refractivity contribution in [3.8, 4) is 22.8 Å². The first-order chi connectivity index (χ1) is 15.1. The Morgan fingerprint density at radius 3 is 1.94 bits per heavy atom. The van der Waals surface area contributed by atoms with Crippen molar-refractivity contribution in [3.05, 3.63) is 77.8 Å². The van der Waals surface area contributed by atoms with Crippen molar-refractivity contribution in [2.45, 2.75) is 20.8 Å². The minimum atomic E-state index is 0.587. The van der Waals surface area contributed by atoms with E-state index in [2.05, 4.69) is 35.1 Å². The van der Waals surface area contributed by atoms with E-state index >= 15 is 0 Å². The summed E-state index contributed by atoms with van der Waals surface area (Å²) in [4.78, 5) is 14.1. The molecule has 6 rings (SSSR count). The van der Waals surface area contributed by atoms with Gasteiger partial charge in [0.15, 0.2) is 11.6 Å². The van der Waals surface area contributed by atoms with E-state index in [9.17, 15) is 0 Å². The number of para-hydroxylation sites is 3. The summed E-state index contributed by atoms with van der Waals surface area (Å²) in [5, 5.41) is 3.21. The lowest BCUT2D eigenvalue weighted by Crippen LogP contribution is -2.00. The van der Waals surface area contributed by atoms with Crippen LogP contribution in [0.25, 0.3) is 55.7 Å². The number of furan rings is 2. The molecule has 0 spiro atoms. The van der Waals surface area contributed by atoms with Crippen molar-refractivity contribution in [1.82, 2.24) is 15.0 Å². The quantitative estimate of drug-likeness (QED) is 0.318. The van der Waals surface area contributed by atoms with Gasteiger partial charge in [-0.3, -0.25) is 0 Å². The molecule has 0 radical (unpaired) electrons. The predicted molar refractivity (Wildman–Crippen MR) is 122 cm³/mol. The van der Waals surface area contributed by atoms with E-state index in [4.69, 9.17) is 13.8 Å². The molecule has 0 atom stereocenters. The molecule has 0 saturated heterocycles. The van der Waals surface area contributed by atoms with E-state index < -0.39 is 0 Å². The Bertz CT molecular complexity index is 1630. The molecule has 0 aliphatic rings. The summed E-state index contributed by atoms with van der Waals surface area (Å²) >= 11 is 0. The number of rotatable bonds is 2. The maximum absolute atomic E-state index is 6.19. The fourth-order valence-corrected chi connectivity index (χ4v) is 4.18. The third kappa shape index (κ3) is 2.66. The first kappa shape index (κ1) is 17.8. The maximum atomic E-state index is 6.19. The van der Waals surface area contributed by atoms with E-state index in [1.54, 1.807) is 0 Å². The normalized spacial score (nSPS) is 11.7. The average molecular weight is 405 g/mol. The minimum absolute atomic E-state index is 0.587. The lowest BCUT2D eigenvalue weighted by atomic mass is 10.1. The molecule has 0 amide bonds. The summed E-state index contributed by atoms with van der Waals surface area (Å²) in [5.41, 5.74) is 5.27. The van der Waals surface area contributed by atoms with Crippen molar-refractivity contribution in [2.75, 3.05) is 0 Å². The number of benzene rings is 3. The third-order valence-electron chi connectivity index (χ3n) is 5.84. The van der Waals surface area contributed by atoms with Crippen LogP contribution < -0.4 is 0 Å². The SMILES string of the molecule is Cc1nc(-c2cccc3c(C)c(C)oc23)nc(-c2cccc3c2oc2ccccc23)n1. The zero-order valence-corrected chi connectivity index (χ0v) is 17.4. The zero-order valence-electron chi connectivity index (χ0n) is 17.4. The number of hydrogen-bond donors (Lipinski definition) is 0. The molecule has 5 heteroatoms. The molecule has 6 aromatic rings. The van der Waals surface area contributed by atoms with Gasteiger partial charge in [-0.15, -0.1) is 0 Å². The van der Waals surface area contributed by atoms with Gasteiger partial charge in [0.05, 0.1) is 11.1 Å². The Balaban J connectivity index is 1.61. The van der Waals surface area contributed by atoms with E-state index in [-0.39, 0.29) is 0 Å². The van der Waals surface area contributed by atoms with E-state index in [1.807, 2.05) is 56.3 Å². The molecule has 0 unspecified atom stereocenters. The lowest BCUT2D eigenvalue weighted by molar-refractivity contribution is 0.575. The lowest BCUT2D eigenvalue weighted by Gasteiger charge is -2.07. The largest absolute Gasteiger partial charge is 0.460 e. The molecule has 0 fully saturated rings. The van der Waals surface area contributed by atoms with Crippen LogP contribution in [0.5, 0.6) is 0 Å². The second-order valence-corrected chi connectivity index (χ2v) is 7.78. The minimum Gasteiger partial charge on any atom is -0.460 e. The maximum Gasteiger partial charge on any atom is 0.167 e. The summed E-state index contributed by atoms with van der Waals surface area (Å²) < 4.78 is 12.3. The molecule has 31 heavy (non-hydrogen) atoms. The van der Waals surface area contributed by atoms with Crippen LogP contribution in [-0.4, -0.2) is 15.0 Å². The number of hydrogen-bond acceptors (Lipinski definition) is 5. The van der Waals surface area contributed by atoms with Crippen LogP contribution in [0.4, 0.5) is 0 Å². The molecule has 0 N–H and O–H groups in total. The van der Waals surface area contributed by atoms with Crippen molar-refractivity contribution in [2.24, 2.45) is 0 Å². The van der Waals surface area contributed by atoms with Crippen LogP contribution in [0.15, 0.2) is 69.5 Å². The number of fused-ring (bicyclic) bond motifs is 4. The van der Waals surface area contributed by atoms with Gasteiger partial charge in [0.25, 0.3) is 0 Å². The van der Waals surface area contributed by atoms with Gasteiger partial charge in [0, 0.05) is 16.2 Å². The molecule has 0 saturated carbocycles. The van der Waals surface area contributed by atoms with Crippen LogP contribution >= 0.6 is 0 Å². The first-order valence-electron chi connectivity index (χ1n) is 10.2. The van der Waals surface area contributed by atoms with E-state index in [1.165, 1.54) is 0 Å². The molecular formula is C26H19N3O2.